The molecule has 0 heterocycles. The zero-order valence-corrected chi connectivity index (χ0v) is 11.8. The van der Waals surface area contributed by atoms with E-state index in [1.165, 1.54) is 0 Å². The number of aliphatic hydroxyl groups excluding tert-OH is 1. The molecule has 21 heavy (non-hydrogen) atoms. The Morgan fingerprint density at radius 3 is 2.38 bits per heavy atom. The molecule has 1 aromatic carbocycles. The Labute approximate surface area is 123 Å². The lowest BCUT2D eigenvalue weighted by Crippen LogP contribution is -2.46. The van der Waals surface area contributed by atoms with Crippen LogP contribution in [0.4, 0.5) is 0 Å². The van der Waals surface area contributed by atoms with Crippen LogP contribution < -0.4 is 11.1 Å². The van der Waals surface area contributed by atoms with Gasteiger partial charge in [-0.15, -0.1) is 0 Å². The molecule has 112 valence electrons. The normalized spacial score (nSPS) is 21.0. The van der Waals surface area contributed by atoms with E-state index in [1.54, 1.807) is 12.1 Å². The number of primary amides is 1. The Balaban J connectivity index is 1.93. The van der Waals surface area contributed by atoms with Crippen LogP contribution in [0.1, 0.15) is 24.0 Å². The van der Waals surface area contributed by atoms with Gasteiger partial charge >= 0.3 is 0 Å². The highest BCUT2D eigenvalue weighted by atomic mass is 16.3. The lowest BCUT2D eigenvalue weighted by atomic mass is 9.88. The molecule has 0 aliphatic heterocycles. The van der Waals surface area contributed by atoms with Gasteiger partial charge in [0.2, 0.25) is 11.8 Å². The third-order valence-corrected chi connectivity index (χ3v) is 3.71. The van der Waals surface area contributed by atoms with Crippen LogP contribution in [0, 0.1) is 5.92 Å². The van der Waals surface area contributed by atoms with Crippen LogP contribution in [0.15, 0.2) is 36.4 Å². The zero-order chi connectivity index (χ0) is 15.2. The molecule has 0 saturated carbocycles. The number of carbonyl (C=O) groups excluding carboxylic acids is 2. The molecule has 0 fully saturated rings. The third kappa shape index (κ3) is 4.16. The first-order chi connectivity index (χ1) is 10.1. The lowest BCUT2D eigenvalue weighted by Gasteiger charge is -2.26. The second kappa shape index (κ2) is 7.04. The lowest BCUT2D eigenvalue weighted by molar-refractivity contribution is -0.124. The molecule has 0 bridgehead atoms. The molecule has 1 aliphatic carbocycles. The number of rotatable bonds is 5. The molecular weight excluding hydrogens is 268 g/mol. The van der Waals surface area contributed by atoms with Crippen molar-refractivity contribution in [3.8, 4) is 0 Å². The number of nitrogens with one attached hydrogen (secondary N) is 1. The minimum Gasteiger partial charge on any atom is -0.392 e. The van der Waals surface area contributed by atoms with Gasteiger partial charge in [0.05, 0.1) is 18.9 Å². The Kier molecular flexibility index (Phi) is 5.11. The van der Waals surface area contributed by atoms with Gasteiger partial charge < -0.3 is 16.2 Å². The van der Waals surface area contributed by atoms with Crippen molar-refractivity contribution in [3.63, 3.8) is 0 Å². The Morgan fingerprint density at radius 1 is 1.14 bits per heavy atom. The first-order valence-corrected chi connectivity index (χ1v) is 7.02. The number of hydrogen-bond acceptors (Lipinski definition) is 3. The predicted molar refractivity (Wildman–Crippen MR) is 79.1 cm³/mol. The molecule has 0 aromatic heterocycles. The predicted octanol–water partition coefficient (Wildman–Crippen LogP) is 0.658. The molecule has 5 heteroatoms. The smallest absolute Gasteiger partial charge is 0.224 e. The molecule has 1 aromatic rings. The van der Waals surface area contributed by atoms with E-state index in [0.717, 1.165) is 11.1 Å². The first kappa shape index (κ1) is 15.3. The molecule has 5 nitrogen and oxygen atoms in total. The van der Waals surface area contributed by atoms with E-state index in [4.69, 9.17) is 10.8 Å². The van der Waals surface area contributed by atoms with E-state index in [2.05, 4.69) is 5.32 Å². The van der Waals surface area contributed by atoms with E-state index < -0.39 is 0 Å². The Hall–Kier alpha value is -2.14. The number of allylic oxidation sites excluding steroid dienone is 1. The van der Waals surface area contributed by atoms with Crippen molar-refractivity contribution in [2.75, 3.05) is 0 Å². The summed E-state index contributed by atoms with van der Waals surface area (Å²) >= 11 is 0. The molecule has 1 aliphatic rings. The third-order valence-electron chi connectivity index (χ3n) is 3.71. The second-order valence-electron chi connectivity index (χ2n) is 5.28. The molecule has 2 amide bonds. The quantitative estimate of drug-likeness (QED) is 0.695. The summed E-state index contributed by atoms with van der Waals surface area (Å²) in [5.41, 5.74) is 7.05. The molecule has 0 saturated heterocycles. The van der Waals surface area contributed by atoms with Gasteiger partial charge in [0.15, 0.2) is 0 Å². The van der Waals surface area contributed by atoms with Crippen LogP contribution in [0.5, 0.6) is 0 Å². The van der Waals surface area contributed by atoms with Crippen LogP contribution in [0.3, 0.4) is 0 Å². The van der Waals surface area contributed by atoms with Crippen molar-refractivity contribution < 1.29 is 14.7 Å². The molecule has 0 unspecified atom stereocenters. The summed E-state index contributed by atoms with van der Waals surface area (Å²) < 4.78 is 0. The topological polar surface area (TPSA) is 92.4 Å². The summed E-state index contributed by atoms with van der Waals surface area (Å²) in [4.78, 5) is 23.5. The van der Waals surface area contributed by atoms with Crippen molar-refractivity contribution in [2.45, 2.75) is 31.9 Å². The van der Waals surface area contributed by atoms with Crippen LogP contribution in [-0.4, -0.2) is 23.0 Å². The van der Waals surface area contributed by atoms with E-state index in [0.29, 0.717) is 12.8 Å². The highest BCUT2D eigenvalue weighted by molar-refractivity contribution is 5.82. The van der Waals surface area contributed by atoms with Gasteiger partial charge in [-0.3, -0.25) is 9.59 Å². The second-order valence-corrected chi connectivity index (χ2v) is 5.28. The first-order valence-electron chi connectivity index (χ1n) is 7.02. The number of carbonyl (C=O) groups is 2. The molecule has 2 rings (SSSR count). The van der Waals surface area contributed by atoms with Crippen LogP contribution in [0.25, 0.3) is 0 Å². The summed E-state index contributed by atoms with van der Waals surface area (Å²) in [5.74, 6) is -0.842. The summed E-state index contributed by atoms with van der Waals surface area (Å²) in [5, 5.41) is 11.9. The van der Waals surface area contributed by atoms with E-state index in [-0.39, 0.29) is 36.8 Å². The largest absolute Gasteiger partial charge is 0.392 e. The number of aliphatic hydroxyl groups is 1. The van der Waals surface area contributed by atoms with Gasteiger partial charge in [-0.05, 0) is 24.0 Å². The van der Waals surface area contributed by atoms with Gasteiger partial charge in [-0.2, -0.15) is 0 Å². The van der Waals surface area contributed by atoms with Crippen molar-refractivity contribution in [1.29, 1.82) is 0 Å². The fourth-order valence-electron chi connectivity index (χ4n) is 2.49. The maximum absolute atomic E-state index is 12.1. The number of nitrogens with two attached hydrogens (primary N) is 1. The average Bonchev–Trinajstić information content (AvgIpc) is 2.48. The van der Waals surface area contributed by atoms with Gasteiger partial charge in [0.1, 0.15) is 0 Å². The number of amides is 2. The van der Waals surface area contributed by atoms with Crippen molar-refractivity contribution >= 4 is 11.8 Å². The fraction of sp³-hybridized carbons (Fsp3) is 0.375. The van der Waals surface area contributed by atoms with Crippen LogP contribution in [0.2, 0.25) is 0 Å². The standard InChI is InChI=1S/C16H20N2O3/c17-16(21)13-3-1-2-4-14(13)18-15(20)9-11-5-7-12(10-19)8-6-11/h1-2,5-8,13-14,19H,3-4,9-10H2,(H2,17,21)(H,18,20)/t13-,14-/m1/s1. The Bertz CT molecular complexity index is 537. The number of hydrogen-bond donors (Lipinski definition) is 3. The highest BCUT2D eigenvalue weighted by Crippen LogP contribution is 2.19. The zero-order valence-electron chi connectivity index (χ0n) is 11.8. The van der Waals surface area contributed by atoms with Crippen molar-refractivity contribution in [3.05, 3.63) is 47.5 Å². The fourth-order valence-corrected chi connectivity index (χ4v) is 2.49. The Morgan fingerprint density at radius 2 is 1.76 bits per heavy atom. The monoisotopic (exact) mass is 288 g/mol. The van der Waals surface area contributed by atoms with Crippen molar-refractivity contribution in [1.82, 2.24) is 5.32 Å². The molecule has 2 atom stereocenters. The minimum absolute atomic E-state index is 0.0127. The summed E-state index contributed by atoms with van der Waals surface area (Å²) in [6.07, 6.45) is 5.33. The highest BCUT2D eigenvalue weighted by Gasteiger charge is 2.28. The summed E-state index contributed by atoms with van der Waals surface area (Å²) in [6, 6.07) is 6.99. The SMILES string of the molecule is NC(=O)[C@@H]1CC=CC[C@H]1NC(=O)Cc1ccc(CO)cc1. The van der Waals surface area contributed by atoms with Gasteiger partial charge in [-0.25, -0.2) is 0 Å². The average molecular weight is 288 g/mol. The van der Waals surface area contributed by atoms with Gasteiger partial charge in [0.25, 0.3) is 0 Å². The van der Waals surface area contributed by atoms with E-state index in [9.17, 15) is 9.59 Å². The van der Waals surface area contributed by atoms with Gasteiger partial charge in [0, 0.05) is 6.04 Å². The maximum Gasteiger partial charge on any atom is 0.224 e. The van der Waals surface area contributed by atoms with Crippen molar-refractivity contribution in [2.24, 2.45) is 11.7 Å². The van der Waals surface area contributed by atoms with E-state index in [1.807, 2.05) is 24.3 Å². The molecule has 0 radical (unpaired) electrons. The minimum atomic E-state index is -0.378. The molecular formula is C16H20N2O3. The van der Waals surface area contributed by atoms with Gasteiger partial charge in [-0.1, -0.05) is 36.4 Å². The van der Waals surface area contributed by atoms with E-state index >= 15 is 0 Å². The number of benzene rings is 1. The van der Waals surface area contributed by atoms with Crippen LogP contribution in [-0.2, 0) is 22.6 Å². The summed E-state index contributed by atoms with van der Waals surface area (Å²) in [7, 11) is 0. The molecule has 0 spiro atoms. The maximum atomic E-state index is 12.1. The molecule has 4 N–H and O–H groups in total. The summed E-state index contributed by atoms with van der Waals surface area (Å²) in [6.45, 7) is -0.0127. The van der Waals surface area contributed by atoms with Crippen LogP contribution >= 0.6 is 0 Å².